The zero-order valence-corrected chi connectivity index (χ0v) is 10.9. The first kappa shape index (κ1) is 13.6. The molecule has 0 unspecified atom stereocenters. The fourth-order valence-electron chi connectivity index (χ4n) is 2.05. The van der Waals surface area contributed by atoms with Crippen molar-refractivity contribution in [3.8, 4) is 5.75 Å². The van der Waals surface area contributed by atoms with Crippen LogP contribution >= 0.6 is 0 Å². The molecule has 1 saturated heterocycles. The van der Waals surface area contributed by atoms with Gasteiger partial charge in [0.2, 0.25) is 0 Å². The Kier molecular flexibility index (Phi) is 3.61. The Labute approximate surface area is 110 Å². The summed E-state index contributed by atoms with van der Waals surface area (Å²) in [6.07, 6.45) is 0.862. The van der Waals surface area contributed by atoms with Gasteiger partial charge in [-0.1, -0.05) is 0 Å². The van der Waals surface area contributed by atoms with Gasteiger partial charge in [0.1, 0.15) is 21.3 Å². The zero-order valence-electron chi connectivity index (χ0n) is 10.1. The average Bonchev–Trinajstić information content (AvgIpc) is 2.33. The van der Waals surface area contributed by atoms with Gasteiger partial charge < -0.3 is 10.4 Å². The first-order chi connectivity index (χ1) is 8.87. The molecule has 1 aromatic carbocycles. The highest BCUT2D eigenvalue weighted by molar-refractivity contribution is 7.91. The first-order valence-corrected chi connectivity index (χ1v) is 7.64. The van der Waals surface area contributed by atoms with Crippen LogP contribution in [0.5, 0.6) is 5.75 Å². The Morgan fingerprint density at radius 3 is 2.53 bits per heavy atom. The third-order valence-corrected chi connectivity index (χ3v) is 4.81. The summed E-state index contributed by atoms with van der Waals surface area (Å²) in [6.45, 7) is 0. The van der Waals surface area contributed by atoms with E-state index in [1.165, 1.54) is 12.1 Å². The Morgan fingerprint density at radius 2 is 1.95 bits per heavy atom. The van der Waals surface area contributed by atoms with Crippen LogP contribution in [0, 0.1) is 10.1 Å². The van der Waals surface area contributed by atoms with Crippen molar-refractivity contribution in [1.29, 1.82) is 0 Å². The number of rotatable bonds is 3. The zero-order chi connectivity index (χ0) is 14.0. The maximum Gasteiger partial charge on any atom is 0.296 e. The largest absolute Gasteiger partial charge is 0.508 e. The van der Waals surface area contributed by atoms with Gasteiger partial charge in [-0.15, -0.1) is 0 Å². The number of nitro benzene ring substituents is 1. The second-order valence-electron chi connectivity index (χ2n) is 4.53. The van der Waals surface area contributed by atoms with E-state index in [1.54, 1.807) is 0 Å². The van der Waals surface area contributed by atoms with Crippen LogP contribution < -0.4 is 5.32 Å². The van der Waals surface area contributed by atoms with Gasteiger partial charge >= 0.3 is 0 Å². The summed E-state index contributed by atoms with van der Waals surface area (Å²) in [6, 6.07) is 3.75. The van der Waals surface area contributed by atoms with Gasteiger partial charge in [0.05, 0.1) is 22.5 Å². The van der Waals surface area contributed by atoms with E-state index in [0.717, 1.165) is 6.07 Å². The van der Waals surface area contributed by atoms with Crippen molar-refractivity contribution in [3.63, 3.8) is 0 Å². The highest BCUT2D eigenvalue weighted by Gasteiger charge is 2.25. The molecule has 1 aromatic rings. The molecule has 0 aromatic heterocycles. The summed E-state index contributed by atoms with van der Waals surface area (Å²) in [5.41, 5.74) is 0.0838. The predicted molar refractivity (Wildman–Crippen MR) is 70.1 cm³/mol. The van der Waals surface area contributed by atoms with Gasteiger partial charge in [-0.2, -0.15) is 0 Å². The molecule has 2 rings (SSSR count). The number of nitro groups is 1. The lowest BCUT2D eigenvalue weighted by molar-refractivity contribution is -0.384. The van der Waals surface area contributed by atoms with Crippen LogP contribution in [0.15, 0.2) is 18.2 Å². The quantitative estimate of drug-likeness (QED) is 0.492. The molecule has 0 atom stereocenters. The minimum absolute atomic E-state index is 0.0938. The normalized spacial score (nSPS) is 18.9. The van der Waals surface area contributed by atoms with Crippen molar-refractivity contribution in [1.82, 2.24) is 0 Å². The smallest absolute Gasteiger partial charge is 0.296 e. The summed E-state index contributed by atoms with van der Waals surface area (Å²) in [5, 5.41) is 23.1. The minimum Gasteiger partial charge on any atom is -0.508 e. The van der Waals surface area contributed by atoms with E-state index in [-0.39, 0.29) is 29.0 Å². The number of benzene rings is 1. The lowest BCUT2D eigenvalue weighted by Crippen LogP contribution is -2.32. The van der Waals surface area contributed by atoms with Crippen molar-refractivity contribution < 1.29 is 18.4 Å². The number of hydrogen-bond donors (Lipinski definition) is 2. The van der Waals surface area contributed by atoms with Crippen LogP contribution in [-0.4, -0.2) is 36.0 Å². The second-order valence-corrected chi connectivity index (χ2v) is 6.83. The summed E-state index contributed by atoms with van der Waals surface area (Å²) < 4.78 is 22.6. The van der Waals surface area contributed by atoms with Crippen molar-refractivity contribution >= 4 is 21.2 Å². The molecule has 0 bridgehead atoms. The Bertz CT molecular complexity index is 585. The van der Waals surface area contributed by atoms with E-state index in [4.69, 9.17) is 0 Å². The molecule has 2 N–H and O–H groups in total. The minimum atomic E-state index is -2.95. The van der Waals surface area contributed by atoms with Gasteiger partial charge in [0.15, 0.2) is 0 Å². The van der Waals surface area contributed by atoms with Crippen molar-refractivity contribution in [3.05, 3.63) is 28.3 Å². The molecule has 1 fully saturated rings. The molecule has 0 aliphatic carbocycles. The van der Waals surface area contributed by atoms with E-state index >= 15 is 0 Å². The lowest BCUT2D eigenvalue weighted by atomic mass is 10.1. The van der Waals surface area contributed by atoms with Gasteiger partial charge in [-0.3, -0.25) is 10.1 Å². The van der Waals surface area contributed by atoms with E-state index in [0.29, 0.717) is 18.5 Å². The molecular weight excluding hydrogens is 272 g/mol. The molecule has 0 radical (unpaired) electrons. The number of hydrogen-bond acceptors (Lipinski definition) is 6. The SMILES string of the molecule is O=[N+]([O-])c1cc(O)ccc1NC1CCS(=O)(=O)CC1. The highest BCUT2D eigenvalue weighted by atomic mass is 32.2. The molecular formula is C11H14N2O5S. The van der Waals surface area contributed by atoms with Crippen molar-refractivity contribution in [2.24, 2.45) is 0 Å². The molecule has 19 heavy (non-hydrogen) atoms. The molecule has 8 heteroatoms. The van der Waals surface area contributed by atoms with Crippen LogP contribution in [0.4, 0.5) is 11.4 Å². The summed E-state index contributed by atoms with van der Waals surface area (Å²) in [4.78, 5) is 10.3. The van der Waals surface area contributed by atoms with Gasteiger partial charge in [-0.25, -0.2) is 8.42 Å². The van der Waals surface area contributed by atoms with Crippen LogP contribution in [0.3, 0.4) is 0 Å². The fraction of sp³-hybridized carbons (Fsp3) is 0.455. The van der Waals surface area contributed by atoms with Crippen molar-refractivity contribution in [2.75, 3.05) is 16.8 Å². The van der Waals surface area contributed by atoms with Gasteiger partial charge in [-0.05, 0) is 25.0 Å². The van der Waals surface area contributed by atoms with E-state index in [9.17, 15) is 23.6 Å². The molecule has 7 nitrogen and oxygen atoms in total. The average molecular weight is 286 g/mol. The highest BCUT2D eigenvalue weighted by Crippen LogP contribution is 2.30. The molecule has 0 spiro atoms. The number of anilines is 1. The summed E-state index contributed by atoms with van der Waals surface area (Å²) in [7, 11) is -2.95. The van der Waals surface area contributed by atoms with E-state index < -0.39 is 14.8 Å². The number of aromatic hydroxyl groups is 1. The summed E-state index contributed by atoms with van der Waals surface area (Å²) >= 11 is 0. The molecule has 104 valence electrons. The molecule has 1 aliphatic heterocycles. The van der Waals surface area contributed by atoms with Crippen LogP contribution in [0.2, 0.25) is 0 Å². The third kappa shape index (κ3) is 3.34. The first-order valence-electron chi connectivity index (χ1n) is 5.82. The topological polar surface area (TPSA) is 110 Å². The maximum atomic E-state index is 11.3. The molecule has 0 amide bonds. The molecule has 1 aliphatic rings. The number of phenols is 1. The monoisotopic (exact) mass is 286 g/mol. The van der Waals surface area contributed by atoms with Crippen LogP contribution in [0.1, 0.15) is 12.8 Å². The second kappa shape index (κ2) is 5.04. The van der Waals surface area contributed by atoms with Crippen molar-refractivity contribution in [2.45, 2.75) is 18.9 Å². The number of nitrogens with zero attached hydrogens (tertiary/aromatic N) is 1. The summed E-state index contributed by atoms with van der Waals surface area (Å²) in [5.74, 6) is 0.0103. The van der Waals surface area contributed by atoms with Crippen LogP contribution in [-0.2, 0) is 9.84 Å². The maximum absolute atomic E-state index is 11.3. The standard InChI is InChI=1S/C11H14N2O5S/c14-9-1-2-10(11(7-9)13(15)16)12-8-3-5-19(17,18)6-4-8/h1-2,7-8,12,14H,3-6H2. The van der Waals surface area contributed by atoms with Crippen LogP contribution in [0.25, 0.3) is 0 Å². The number of phenolic OH excluding ortho intramolecular Hbond substituents is 1. The Balaban J connectivity index is 2.14. The Morgan fingerprint density at radius 1 is 1.32 bits per heavy atom. The third-order valence-electron chi connectivity index (χ3n) is 3.09. The van der Waals surface area contributed by atoms with E-state index in [2.05, 4.69) is 5.32 Å². The van der Waals surface area contributed by atoms with Gasteiger partial charge in [0, 0.05) is 6.04 Å². The fourth-order valence-corrected chi connectivity index (χ4v) is 3.54. The number of sulfone groups is 1. The Hall–Kier alpha value is -1.83. The molecule has 1 heterocycles. The van der Waals surface area contributed by atoms with Gasteiger partial charge in [0.25, 0.3) is 5.69 Å². The lowest BCUT2D eigenvalue weighted by Gasteiger charge is -2.23. The number of nitrogens with one attached hydrogen (secondary N) is 1. The predicted octanol–water partition coefficient (Wildman–Crippen LogP) is 1.29. The molecule has 0 saturated carbocycles. The van der Waals surface area contributed by atoms with E-state index in [1.807, 2.05) is 0 Å².